The van der Waals surface area contributed by atoms with Gasteiger partial charge in [-0.3, -0.25) is 0 Å². The summed E-state index contributed by atoms with van der Waals surface area (Å²) in [7, 11) is 2.14. The van der Waals surface area contributed by atoms with Gasteiger partial charge in [0.25, 0.3) is 0 Å². The van der Waals surface area contributed by atoms with Crippen molar-refractivity contribution >= 4 is 5.69 Å². The third-order valence-electron chi connectivity index (χ3n) is 4.18. The monoisotopic (exact) mass is 247 g/mol. The molecule has 1 fully saturated rings. The smallest absolute Gasteiger partial charge is 0.0504 e. The first-order chi connectivity index (χ1) is 8.47. The lowest BCUT2D eigenvalue weighted by Crippen LogP contribution is -2.29. The second kappa shape index (κ2) is 4.93. The number of anilines is 1. The fourth-order valence-electron chi connectivity index (χ4n) is 2.53. The Labute approximate surface area is 111 Å². The maximum atomic E-state index is 9.44. The number of rotatable bonds is 5. The average Bonchev–Trinajstić information content (AvgIpc) is 3.09. The van der Waals surface area contributed by atoms with Crippen LogP contribution in [0.25, 0.3) is 0 Å². The van der Waals surface area contributed by atoms with Crippen LogP contribution in [0.2, 0.25) is 0 Å². The summed E-state index contributed by atoms with van der Waals surface area (Å²) >= 11 is 0. The summed E-state index contributed by atoms with van der Waals surface area (Å²) in [6, 6.07) is 6.73. The molecule has 0 spiro atoms. The van der Waals surface area contributed by atoms with Crippen molar-refractivity contribution in [2.75, 3.05) is 25.1 Å². The summed E-state index contributed by atoms with van der Waals surface area (Å²) in [5.74, 6) is 0.561. The minimum atomic E-state index is 0.176. The Hall–Kier alpha value is -1.02. The lowest BCUT2D eigenvalue weighted by Gasteiger charge is -2.26. The Balaban J connectivity index is 2.18. The number of nitrogens with zero attached hydrogens (tertiary/aromatic N) is 1. The molecule has 0 bridgehead atoms. The lowest BCUT2D eigenvalue weighted by molar-refractivity contribution is 0.215. The van der Waals surface area contributed by atoms with E-state index in [9.17, 15) is 5.11 Å². The van der Waals surface area contributed by atoms with Crippen molar-refractivity contribution in [1.82, 2.24) is 0 Å². The minimum absolute atomic E-state index is 0.176. The highest BCUT2D eigenvalue weighted by Crippen LogP contribution is 2.46. The van der Waals surface area contributed by atoms with Crippen LogP contribution in [0, 0.1) is 12.3 Å². The summed E-state index contributed by atoms with van der Waals surface area (Å²) in [6.07, 6.45) is 2.33. The Kier molecular flexibility index (Phi) is 3.67. The van der Waals surface area contributed by atoms with E-state index >= 15 is 0 Å². The number of aryl methyl sites for hydroxylation is 1. The highest BCUT2D eigenvalue weighted by atomic mass is 16.3. The van der Waals surface area contributed by atoms with Gasteiger partial charge in [-0.1, -0.05) is 26.0 Å². The van der Waals surface area contributed by atoms with Crippen LogP contribution in [-0.4, -0.2) is 25.3 Å². The summed E-state index contributed by atoms with van der Waals surface area (Å²) in [4.78, 5) is 2.31. The van der Waals surface area contributed by atoms with Crippen LogP contribution in [-0.2, 0) is 0 Å². The van der Waals surface area contributed by atoms with E-state index in [0.29, 0.717) is 12.5 Å². The normalized spacial score (nSPS) is 17.0. The molecular formula is C16H25NO. The molecule has 2 nitrogen and oxygen atoms in total. The zero-order valence-corrected chi connectivity index (χ0v) is 12.0. The molecule has 0 radical (unpaired) electrons. The zero-order valence-electron chi connectivity index (χ0n) is 12.0. The SMILES string of the molecule is Cc1ccc(C(C)C)cc1N(C)CC1(CO)CC1. The van der Waals surface area contributed by atoms with Gasteiger partial charge in [-0.15, -0.1) is 0 Å². The van der Waals surface area contributed by atoms with Crippen LogP contribution in [0.1, 0.15) is 43.7 Å². The van der Waals surface area contributed by atoms with Gasteiger partial charge < -0.3 is 10.0 Å². The Morgan fingerprint density at radius 3 is 2.50 bits per heavy atom. The van der Waals surface area contributed by atoms with E-state index in [2.05, 4.69) is 50.9 Å². The first-order valence-electron chi connectivity index (χ1n) is 6.90. The van der Waals surface area contributed by atoms with Gasteiger partial charge in [0.1, 0.15) is 0 Å². The Morgan fingerprint density at radius 2 is 2.00 bits per heavy atom. The van der Waals surface area contributed by atoms with Crippen molar-refractivity contribution in [3.05, 3.63) is 29.3 Å². The fraction of sp³-hybridized carbons (Fsp3) is 0.625. The second-order valence-electron chi connectivity index (χ2n) is 6.21. The maximum Gasteiger partial charge on any atom is 0.0504 e. The summed E-state index contributed by atoms with van der Waals surface area (Å²) < 4.78 is 0. The molecule has 1 aromatic carbocycles. The van der Waals surface area contributed by atoms with Gasteiger partial charge in [0, 0.05) is 24.7 Å². The van der Waals surface area contributed by atoms with Crippen LogP contribution in [0.15, 0.2) is 18.2 Å². The van der Waals surface area contributed by atoms with E-state index in [4.69, 9.17) is 0 Å². The van der Waals surface area contributed by atoms with Crippen LogP contribution < -0.4 is 4.90 Å². The van der Waals surface area contributed by atoms with E-state index in [0.717, 1.165) is 19.4 Å². The molecule has 1 aromatic rings. The molecule has 0 saturated heterocycles. The molecule has 0 unspecified atom stereocenters. The number of benzene rings is 1. The molecule has 1 saturated carbocycles. The van der Waals surface area contributed by atoms with Crippen molar-refractivity contribution in [3.8, 4) is 0 Å². The van der Waals surface area contributed by atoms with E-state index in [1.807, 2.05) is 0 Å². The molecule has 0 amide bonds. The summed E-state index contributed by atoms with van der Waals surface area (Å²) in [5, 5.41) is 9.44. The van der Waals surface area contributed by atoms with Crippen molar-refractivity contribution in [2.45, 2.75) is 39.5 Å². The predicted octanol–water partition coefficient (Wildman–Crippen LogP) is 3.33. The van der Waals surface area contributed by atoms with Crippen molar-refractivity contribution in [3.63, 3.8) is 0 Å². The van der Waals surface area contributed by atoms with Gasteiger partial charge in [0.15, 0.2) is 0 Å². The summed E-state index contributed by atoms with van der Waals surface area (Å²) in [6.45, 7) is 7.90. The van der Waals surface area contributed by atoms with Gasteiger partial charge in [0.2, 0.25) is 0 Å². The van der Waals surface area contributed by atoms with E-state index in [-0.39, 0.29) is 5.41 Å². The molecule has 2 rings (SSSR count). The molecule has 0 atom stereocenters. The lowest BCUT2D eigenvalue weighted by atomic mass is 9.99. The van der Waals surface area contributed by atoms with E-state index < -0.39 is 0 Å². The first kappa shape index (κ1) is 13.4. The van der Waals surface area contributed by atoms with Crippen LogP contribution in [0.5, 0.6) is 0 Å². The number of aliphatic hydroxyl groups excluding tert-OH is 1. The quantitative estimate of drug-likeness (QED) is 0.862. The fourth-order valence-corrected chi connectivity index (χ4v) is 2.53. The second-order valence-corrected chi connectivity index (χ2v) is 6.21. The van der Waals surface area contributed by atoms with Gasteiger partial charge in [-0.25, -0.2) is 0 Å². The molecule has 0 aromatic heterocycles. The predicted molar refractivity (Wildman–Crippen MR) is 77.3 cm³/mol. The number of aliphatic hydroxyl groups is 1. The average molecular weight is 247 g/mol. The Morgan fingerprint density at radius 1 is 1.33 bits per heavy atom. The van der Waals surface area contributed by atoms with Crippen LogP contribution in [0.4, 0.5) is 5.69 Å². The van der Waals surface area contributed by atoms with E-state index in [1.165, 1.54) is 16.8 Å². The molecular weight excluding hydrogens is 222 g/mol. The third-order valence-corrected chi connectivity index (χ3v) is 4.18. The third kappa shape index (κ3) is 2.69. The molecule has 1 aliphatic rings. The zero-order chi connectivity index (χ0) is 13.3. The standard InChI is InChI=1S/C16H25NO/c1-12(2)14-6-5-13(3)15(9-14)17(4)10-16(11-18)7-8-16/h5-6,9,12,18H,7-8,10-11H2,1-4H3. The molecule has 1 aliphatic carbocycles. The van der Waals surface area contributed by atoms with Crippen molar-refractivity contribution in [2.24, 2.45) is 5.41 Å². The van der Waals surface area contributed by atoms with Gasteiger partial charge in [-0.05, 0) is 42.9 Å². The first-order valence-corrected chi connectivity index (χ1v) is 6.90. The highest BCUT2D eigenvalue weighted by molar-refractivity contribution is 5.55. The van der Waals surface area contributed by atoms with Crippen LogP contribution >= 0.6 is 0 Å². The summed E-state index contributed by atoms with van der Waals surface area (Å²) in [5.41, 5.74) is 4.18. The van der Waals surface area contributed by atoms with Gasteiger partial charge in [0.05, 0.1) is 6.61 Å². The van der Waals surface area contributed by atoms with Crippen molar-refractivity contribution < 1.29 is 5.11 Å². The highest BCUT2D eigenvalue weighted by Gasteiger charge is 2.42. The molecule has 100 valence electrons. The van der Waals surface area contributed by atoms with E-state index in [1.54, 1.807) is 0 Å². The largest absolute Gasteiger partial charge is 0.396 e. The van der Waals surface area contributed by atoms with Crippen LogP contribution in [0.3, 0.4) is 0 Å². The molecule has 2 heteroatoms. The molecule has 18 heavy (non-hydrogen) atoms. The van der Waals surface area contributed by atoms with Gasteiger partial charge in [-0.2, -0.15) is 0 Å². The number of hydrogen-bond donors (Lipinski definition) is 1. The molecule has 0 aliphatic heterocycles. The number of hydrogen-bond acceptors (Lipinski definition) is 2. The van der Waals surface area contributed by atoms with Gasteiger partial charge >= 0.3 is 0 Å². The van der Waals surface area contributed by atoms with Crippen molar-refractivity contribution in [1.29, 1.82) is 0 Å². The molecule has 1 N–H and O–H groups in total. The maximum absolute atomic E-state index is 9.44. The Bertz CT molecular complexity index is 421. The topological polar surface area (TPSA) is 23.5 Å². The molecule has 0 heterocycles. The minimum Gasteiger partial charge on any atom is -0.396 e.